The Hall–Kier alpha value is -1.46. The van der Waals surface area contributed by atoms with Gasteiger partial charge in [0.25, 0.3) is 0 Å². The molecule has 0 radical (unpaired) electrons. The minimum Gasteiger partial charge on any atom is -0.459 e. The second-order valence-electron chi connectivity index (χ2n) is 4.41. The van der Waals surface area contributed by atoms with Crippen molar-refractivity contribution < 1.29 is 18.7 Å². The number of esters is 1. The van der Waals surface area contributed by atoms with Gasteiger partial charge in [-0.2, -0.15) is 0 Å². The summed E-state index contributed by atoms with van der Waals surface area (Å²) in [6.07, 6.45) is -0.210. The van der Waals surface area contributed by atoms with Crippen LogP contribution < -0.4 is 0 Å². The van der Waals surface area contributed by atoms with Crippen LogP contribution in [-0.4, -0.2) is 19.2 Å². The molecular formula is C14H15FO3S. The lowest BCUT2D eigenvalue weighted by atomic mass is 10.1. The summed E-state index contributed by atoms with van der Waals surface area (Å²) in [6, 6.07) is 4.79. The fourth-order valence-corrected chi connectivity index (χ4v) is 2.99. The van der Waals surface area contributed by atoms with Crippen molar-refractivity contribution in [2.45, 2.75) is 26.6 Å². The number of hydrogen-bond donors (Lipinski definition) is 0. The van der Waals surface area contributed by atoms with E-state index in [-0.39, 0.29) is 18.5 Å². The lowest BCUT2D eigenvalue weighted by molar-refractivity contribution is 0.0380. The standard InChI is InChI=1S/C14H15FO3S/c1-8(2)18-14(16)13-9(7-17-3)12-10(15)5-4-6-11(12)19-13/h4-6,8H,7H2,1-3H3. The smallest absolute Gasteiger partial charge is 0.348 e. The topological polar surface area (TPSA) is 35.5 Å². The zero-order chi connectivity index (χ0) is 14.0. The van der Waals surface area contributed by atoms with Gasteiger partial charge in [0.2, 0.25) is 0 Å². The van der Waals surface area contributed by atoms with Crippen molar-refractivity contribution in [3.05, 3.63) is 34.5 Å². The first kappa shape index (κ1) is 14.0. The van der Waals surface area contributed by atoms with Crippen LogP contribution in [-0.2, 0) is 16.1 Å². The number of hydrogen-bond acceptors (Lipinski definition) is 4. The van der Waals surface area contributed by atoms with Crippen molar-refractivity contribution in [3.8, 4) is 0 Å². The molecule has 0 fully saturated rings. The first-order valence-corrected chi connectivity index (χ1v) is 6.76. The van der Waals surface area contributed by atoms with Gasteiger partial charge in [0.05, 0.1) is 12.7 Å². The number of halogens is 1. The SMILES string of the molecule is COCc1c(C(=O)OC(C)C)sc2cccc(F)c12. The van der Waals surface area contributed by atoms with Crippen LogP contribution in [0.15, 0.2) is 18.2 Å². The molecule has 0 spiro atoms. The molecule has 0 saturated carbocycles. The molecule has 0 bridgehead atoms. The third kappa shape index (κ3) is 2.77. The molecule has 0 N–H and O–H groups in total. The van der Waals surface area contributed by atoms with Crippen LogP contribution in [0.2, 0.25) is 0 Å². The summed E-state index contributed by atoms with van der Waals surface area (Å²) >= 11 is 1.23. The van der Waals surface area contributed by atoms with Gasteiger partial charge in [-0.25, -0.2) is 9.18 Å². The molecule has 5 heteroatoms. The molecule has 19 heavy (non-hydrogen) atoms. The van der Waals surface area contributed by atoms with E-state index in [2.05, 4.69) is 0 Å². The molecule has 0 saturated heterocycles. The Morgan fingerprint density at radius 1 is 1.42 bits per heavy atom. The van der Waals surface area contributed by atoms with E-state index in [0.717, 1.165) is 4.70 Å². The van der Waals surface area contributed by atoms with Crippen LogP contribution in [0.25, 0.3) is 10.1 Å². The summed E-state index contributed by atoms with van der Waals surface area (Å²) in [7, 11) is 1.52. The van der Waals surface area contributed by atoms with E-state index in [1.807, 2.05) is 0 Å². The molecule has 2 aromatic rings. The number of fused-ring (bicyclic) bond motifs is 1. The van der Waals surface area contributed by atoms with Crippen LogP contribution in [0.3, 0.4) is 0 Å². The molecule has 1 aromatic heterocycles. The largest absolute Gasteiger partial charge is 0.459 e. The van der Waals surface area contributed by atoms with E-state index in [9.17, 15) is 9.18 Å². The second-order valence-corrected chi connectivity index (χ2v) is 5.46. The van der Waals surface area contributed by atoms with Crippen molar-refractivity contribution in [1.82, 2.24) is 0 Å². The van der Waals surface area contributed by atoms with Crippen LogP contribution in [0.4, 0.5) is 4.39 Å². The molecule has 3 nitrogen and oxygen atoms in total. The van der Waals surface area contributed by atoms with Crippen LogP contribution in [0.5, 0.6) is 0 Å². The van der Waals surface area contributed by atoms with E-state index >= 15 is 0 Å². The van der Waals surface area contributed by atoms with Crippen molar-refractivity contribution in [2.75, 3.05) is 7.11 Å². The van der Waals surface area contributed by atoms with Crippen molar-refractivity contribution in [3.63, 3.8) is 0 Å². The maximum Gasteiger partial charge on any atom is 0.348 e. The lowest BCUT2D eigenvalue weighted by Gasteiger charge is -2.08. The number of carbonyl (C=O) groups excluding carboxylic acids is 1. The Morgan fingerprint density at radius 3 is 2.79 bits per heavy atom. The molecule has 1 aromatic carbocycles. The zero-order valence-corrected chi connectivity index (χ0v) is 11.8. The monoisotopic (exact) mass is 282 g/mol. The molecule has 0 aliphatic heterocycles. The van der Waals surface area contributed by atoms with Gasteiger partial charge in [0, 0.05) is 22.8 Å². The Kier molecular flexibility index (Phi) is 4.17. The van der Waals surface area contributed by atoms with Gasteiger partial charge in [-0.3, -0.25) is 0 Å². The third-order valence-corrected chi connectivity index (χ3v) is 3.76. The predicted molar refractivity (Wildman–Crippen MR) is 73.0 cm³/mol. The molecule has 0 aliphatic rings. The number of thiophene rings is 1. The Morgan fingerprint density at radius 2 is 2.16 bits per heavy atom. The van der Waals surface area contributed by atoms with Crippen LogP contribution in [0, 0.1) is 5.82 Å². The van der Waals surface area contributed by atoms with Gasteiger partial charge in [-0.15, -0.1) is 11.3 Å². The predicted octanol–water partition coefficient (Wildman–Crippen LogP) is 3.75. The van der Waals surface area contributed by atoms with Gasteiger partial charge < -0.3 is 9.47 Å². The quantitative estimate of drug-likeness (QED) is 0.801. The number of methoxy groups -OCH3 is 1. The summed E-state index contributed by atoms with van der Waals surface area (Å²) in [6.45, 7) is 3.74. The molecular weight excluding hydrogens is 267 g/mol. The van der Waals surface area contributed by atoms with Crippen LogP contribution >= 0.6 is 11.3 Å². The second kappa shape index (κ2) is 5.67. The van der Waals surface area contributed by atoms with E-state index in [0.29, 0.717) is 15.8 Å². The summed E-state index contributed by atoms with van der Waals surface area (Å²) in [4.78, 5) is 12.5. The maximum absolute atomic E-state index is 13.9. The summed E-state index contributed by atoms with van der Waals surface area (Å²) in [5.41, 5.74) is 0.561. The Balaban J connectivity index is 2.57. The highest BCUT2D eigenvalue weighted by Gasteiger charge is 2.22. The van der Waals surface area contributed by atoms with Crippen LogP contribution in [0.1, 0.15) is 29.1 Å². The molecule has 0 atom stereocenters. The summed E-state index contributed by atoms with van der Waals surface area (Å²) in [5.74, 6) is -0.771. The number of benzene rings is 1. The van der Waals surface area contributed by atoms with Gasteiger partial charge in [-0.05, 0) is 26.0 Å². The van der Waals surface area contributed by atoms with E-state index in [4.69, 9.17) is 9.47 Å². The minimum atomic E-state index is -0.428. The molecule has 0 aliphatic carbocycles. The normalized spacial score (nSPS) is 11.2. The van der Waals surface area contributed by atoms with Gasteiger partial charge in [0.1, 0.15) is 10.7 Å². The minimum absolute atomic E-state index is 0.184. The first-order valence-electron chi connectivity index (χ1n) is 5.94. The molecule has 0 amide bonds. The maximum atomic E-state index is 13.9. The van der Waals surface area contributed by atoms with Crippen molar-refractivity contribution >= 4 is 27.4 Å². The van der Waals surface area contributed by atoms with Crippen molar-refractivity contribution in [1.29, 1.82) is 0 Å². The molecule has 0 unspecified atom stereocenters. The zero-order valence-electron chi connectivity index (χ0n) is 11.0. The van der Waals surface area contributed by atoms with E-state index in [1.54, 1.807) is 26.0 Å². The lowest BCUT2D eigenvalue weighted by Crippen LogP contribution is -2.12. The third-order valence-electron chi connectivity index (χ3n) is 2.58. The highest BCUT2D eigenvalue weighted by atomic mass is 32.1. The summed E-state index contributed by atoms with van der Waals surface area (Å²) < 4.78 is 24.9. The fourth-order valence-electron chi connectivity index (χ4n) is 1.88. The number of ether oxygens (including phenoxy) is 2. The van der Waals surface area contributed by atoms with Gasteiger partial charge in [-0.1, -0.05) is 6.07 Å². The Bertz CT molecular complexity index is 604. The van der Waals surface area contributed by atoms with Crippen molar-refractivity contribution in [2.24, 2.45) is 0 Å². The van der Waals surface area contributed by atoms with Gasteiger partial charge in [0.15, 0.2) is 0 Å². The highest BCUT2D eigenvalue weighted by molar-refractivity contribution is 7.21. The van der Waals surface area contributed by atoms with E-state index < -0.39 is 5.97 Å². The fraction of sp³-hybridized carbons (Fsp3) is 0.357. The molecule has 102 valence electrons. The number of carbonyl (C=O) groups is 1. The van der Waals surface area contributed by atoms with Gasteiger partial charge >= 0.3 is 5.97 Å². The number of rotatable bonds is 4. The average molecular weight is 282 g/mol. The average Bonchev–Trinajstić information content (AvgIpc) is 2.69. The van der Waals surface area contributed by atoms with E-state index in [1.165, 1.54) is 24.5 Å². The Labute approximate surface area is 114 Å². The molecule has 1 heterocycles. The summed E-state index contributed by atoms with van der Waals surface area (Å²) in [5, 5.41) is 0.449. The molecule has 2 rings (SSSR count). The highest BCUT2D eigenvalue weighted by Crippen LogP contribution is 2.34. The first-order chi connectivity index (χ1) is 9.04.